The van der Waals surface area contributed by atoms with Gasteiger partial charge in [0.05, 0.1) is 18.9 Å². The van der Waals surface area contributed by atoms with Crippen molar-refractivity contribution in [2.75, 3.05) is 31.6 Å². The van der Waals surface area contributed by atoms with Crippen LogP contribution in [-0.4, -0.2) is 42.2 Å². The molecule has 0 bridgehead atoms. The summed E-state index contributed by atoms with van der Waals surface area (Å²) in [5.74, 6) is 1.74. The summed E-state index contributed by atoms with van der Waals surface area (Å²) >= 11 is 0. The Bertz CT molecular complexity index is 715. The number of benzene rings is 1. The second kappa shape index (κ2) is 11.7. The molecule has 158 valence electrons. The second-order valence-electron chi connectivity index (χ2n) is 7.71. The highest BCUT2D eigenvalue weighted by Gasteiger charge is 2.19. The highest BCUT2D eigenvalue weighted by atomic mass is 16.5. The van der Waals surface area contributed by atoms with Crippen molar-refractivity contribution in [1.82, 2.24) is 9.88 Å². The first-order chi connectivity index (χ1) is 14.3. The molecule has 1 N–H and O–H groups in total. The van der Waals surface area contributed by atoms with Gasteiger partial charge in [0.1, 0.15) is 0 Å². The van der Waals surface area contributed by atoms with E-state index < -0.39 is 0 Å². The van der Waals surface area contributed by atoms with E-state index in [0.717, 1.165) is 62.7 Å². The summed E-state index contributed by atoms with van der Waals surface area (Å²) in [5.41, 5.74) is 2.40. The maximum absolute atomic E-state index is 5.96. The molecule has 2 heterocycles. The molecule has 0 spiro atoms. The van der Waals surface area contributed by atoms with E-state index >= 15 is 0 Å². The van der Waals surface area contributed by atoms with Crippen LogP contribution in [0.2, 0.25) is 0 Å². The summed E-state index contributed by atoms with van der Waals surface area (Å²) in [6.07, 6.45) is 9.49. The lowest BCUT2D eigenvalue weighted by molar-refractivity contribution is 0.210. The van der Waals surface area contributed by atoms with Gasteiger partial charge in [-0.3, -0.25) is 9.88 Å². The Morgan fingerprint density at radius 3 is 2.66 bits per heavy atom. The van der Waals surface area contributed by atoms with E-state index in [4.69, 9.17) is 9.47 Å². The third-order valence-electron chi connectivity index (χ3n) is 5.34. The first kappa shape index (κ1) is 21.4. The predicted molar refractivity (Wildman–Crippen MR) is 119 cm³/mol. The molecule has 0 amide bonds. The lowest BCUT2D eigenvalue weighted by Crippen LogP contribution is -2.38. The van der Waals surface area contributed by atoms with Crippen molar-refractivity contribution in [1.29, 1.82) is 0 Å². The highest BCUT2D eigenvalue weighted by molar-refractivity contribution is 5.43. The molecule has 0 radical (unpaired) electrons. The van der Waals surface area contributed by atoms with Crippen LogP contribution in [0.5, 0.6) is 11.5 Å². The minimum atomic E-state index is 0.522. The number of pyridine rings is 1. The van der Waals surface area contributed by atoms with Gasteiger partial charge >= 0.3 is 0 Å². The topological polar surface area (TPSA) is 46.6 Å². The third-order valence-corrected chi connectivity index (χ3v) is 5.34. The molecule has 1 aliphatic heterocycles. The Labute approximate surface area is 175 Å². The summed E-state index contributed by atoms with van der Waals surface area (Å²) in [5, 5.41) is 3.60. The first-order valence-electron chi connectivity index (χ1n) is 11.1. The van der Waals surface area contributed by atoms with E-state index in [1.807, 2.05) is 25.4 Å². The maximum atomic E-state index is 5.96. The van der Waals surface area contributed by atoms with Crippen LogP contribution < -0.4 is 14.8 Å². The molecule has 1 fully saturated rings. The van der Waals surface area contributed by atoms with Gasteiger partial charge in [-0.05, 0) is 56.0 Å². The number of hydrogen-bond acceptors (Lipinski definition) is 5. The van der Waals surface area contributed by atoms with Gasteiger partial charge in [-0.15, -0.1) is 0 Å². The Kier molecular flexibility index (Phi) is 8.62. The third kappa shape index (κ3) is 6.93. The monoisotopic (exact) mass is 397 g/mol. The van der Waals surface area contributed by atoms with Gasteiger partial charge in [0.15, 0.2) is 11.5 Å². The van der Waals surface area contributed by atoms with Crippen LogP contribution in [0.25, 0.3) is 0 Å². The van der Waals surface area contributed by atoms with Crippen molar-refractivity contribution in [2.45, 2.75) is 58.5 Å². The molecular weight excluding hydrogens is 362 g/mol. The van der Waals surface area contributed by atoms with E-state index in [9.17, 15) is 0 Å². The summed E-state index contributed by atoms with van der Waals surface area (Å²) in [6.45, 7) is 8.78. The fourth-order valence-corrected chi connectivity index (χ4v) is 3.75. The molecule has 1 aromatic heterocycles. The molecule has 0 unspecified atom stereocenters. The number of nitrogens with one attached hydrogen (secondary N) is 1. The van der Waals surface area contributed by atoms with Gasteiger partial charge in [-0.25, -0.2) is 0 Å². The van der Waals surface area contributed by atoms with Gasteiger partial charge in [0.25, 0.3) is 0 Å². The van der Waals surface area contributed by atoms with Crippen LogP contribution in [0.4, 0.5) is 5.69 Å². The van der Waals surface area contributed by atoms with Gasteiger partial charge in [-0.2, -0.15) is 0 Å². The molecule has 5 heteroatoms. The van der Waals surface area contributed by atoms with Gasteiger partial charge in [-0.1, -0.05) is 25.8 Å². The highest BCUT2D eigenvalue weighted by Crippen LogP contribution is 2.30. The zero-order chi connectivity index (χ0) is 20.3. The maximum Gasteiger partial charge on any atom is 0.161 e. The number of rotatable bonds is 11. The Balaban J connectivity index is 1.50. The number of aromatic nitrogens is 1. The number of piperidine rings is 1. The minimum absolute atomic E-state index is 0.522. The molecule has 1 aromatic carbocycles. The van der Waals surface area contributed by atoms with E-state index in [2.05, 4.69) is 46.4 Å². The number of likely N-dealkylation sites (tertiary alicyclic amines) is 1. The van der Waals surface area contributed by atoms with Gasteiger partial charge < -0.3 is 14.8 Å². The molecule has 2 aromatic rings. The Hall–Kier alpha value is -2.27. The van der Waals surface area contributed by atoms with Crippen LogP contribution in [0.3, 0.4) is 0 Å². The fourth-order valence-electron chi connectivity index (χ4n) is 3.75. The average Bonchev–Trinajstić information content (AvgIpc) is 2.75. The Morgan fingerprint density at radius 1 is 1.07 bits per heavy atom. The van der Waals surface area contributed by atoms with Gasteiger partial charge in [0, 0.05) is 38.1 Å². The zero-order valence-corrected chi connectivity index (χ0v) is 17.9. The average molecular weight is 398 g/mol. The molecule has 1 saturated heterocycles. The van der Waals surface area contributed by atoms with Crippen molar-refractivity contribution in [3.63, 3.8) is 0 Å². The van der Waals surface area contributed by atoms with Gasteiger partial charge in [0.2, 0.25) is 0 Å². The summed E-state index contributed by atoms with van der Waals surface area (Å²) < 4.78 is 11.8. The zero-order valence-electron chi connectivity index (χ0n) is 17.9. The second-order valence-corrected chi connectivity index (χ2v) is 7.71. The molecule has 29 heavy (non-hydrogen) atoms. The van der Waals surface area contributed by atoms with Crippen LogP contribution in [-0.2, 0) is 6.54 Å². The van der Waals surface area contributed by atoms with Crippen molar-refractivity contribution < 1.29 is 9.47 Å². The number of hydrogen-bond donors (Lipinski definition) is 1. The summed E-state index contributed by atoms with van der Waals surface area (Å²) in [6, 6.07) is 11.0. The van der Waals surface area contributed by atoms with E-state index in [1.54, 1.807) is 0 Å². The fraction of sp³-hybridized carbons (Fsp3) is 0.542. The lowest BCUT2D eigenvalue weighted by Gasteiger charge is -2.33. The molecule has 0 atom stereocenters. The summed E-state index contributed by atoms with van der Waals surface area (Å²) in [7, 11) is 0. The van der Waals surface area contributed by atoms with Crippen LogP contribution in [0.1, 0.15) is 51.5 Å². The number of anilines is 1. The molecule has 0 saturated carbocycles. The normalized spacial score (nSPS) is 15.2. The number of ether oxygens (including phenoxy) is 2. The minimum Gasteiger partial charge on any atom is -0.490 e. The largest absolute Gasteiger partial charge is 0.490 e. The van der Waals surface area contributed by atoms with Crippen LogP contribution >= 0.6 is 0 Å². The summed E-state index contributed by atoms with van der Waals surface area (Å²) in [4.78, 5) is 6.71. The Morgan fingerprint density at radius 2 is 1.93 bits per heavy atom. The van der Waals surface area contributed by atoms with Crippen molar-refractivity contribution in [3.8, 4) is 11.5 Å². The first-order valence-corrected chi connectivity index (χ1v) is 11.1. The molecule has 5 nitrogen and oxygen atoms in total. The molecule has 0 aliphatic carbocycles. The predicted octanol–water partition coefficient (Wildman–Crippen LogP) is 5.13. The molecule has 3 rings (SSSR count). The van der Waals surface area contributed by atoms with Crippen molar-refractivity contribution in [3.05, 3.63) is 48.3 Å². The van der Waals surface area contributed by atoms with Crippen LogP contribution in [0.15, 0.2) is 42.7 Å². The van der Waals surface area contributed by atoms with Crippen molar-refractivity contribution >= 4 is 5.69 Å². The van der Waals surface area contributed by atoms with E-state index in [0.29, 0.717) is 12.6 Å². The van der Waals surface area contributed by atoms with E-state index in [1.165, 1.54) is 18.4 Å². The van der Waals surface area contributed by atoms with E-state index in [-0.39, 0.29) is 0 Å². The van der Waals surface area contributed by atoms with Crippen LogP contribution in [0, 0.1) is 0 Å². The standard InChI is InChI=1S/C24H35N3O2/c1-3-5-6-16-29-23-10-9-20(17-24(23)28-4-2)19-27-14-11-21(12-15-27)26-22-8-7-13-25-18-22/h7-10,13,17-18,21,26H,3-6,11-12,14-16,19H2,1-2H3. The lowest BCUT2D eigenvalue weighted by atomic mass is 10.0. The quantitative estimate of drug-likeness (QED) is 0.533. The number of nitrogens with zero attached hydrogens (tertiary/aromatic N) is 2. The molecular formula is C24H35N3O2. The van der Waals surface area contributed by atoms with Crippen molar-refractivity contribution in [2.24, 2.45) is 0 Å². The SMILES string of the molecule is CCCCCOc1ccc(CN2CCC(Nc3cccnc3)CC2)cc1OCC. The smallest absolute Gasteiger partial charge is 0.161 e. The number of unbranched alkanes of at least 4 members (excludes halogenated alkanes) is 2. The molecule has 1 aliphatic rings.